The van der Waals surface area contributed by atoms with Crippen molar-refractivity contribution in [1.29, 1.82) is 0 Å². The van der Waals surface area contributed by atoms with Crippen molar-refractivity contribution in [3.8, 4) is 0 Å². The van der Waals surface area contributed by atoms with Crippen molar-refractivity contribution in [3.63, 3.8) is 0 Å². The van der Waals surface area contributed by atoms with Crippen molar-refractivity contribution in [2.24, 2.45) is 0 Å². The number of sulfonamides is 1. The second-order valence-electron chi connectivity index (χ2n) is 7.89. The van der Waals surface area contributed by atoms with Gasteiger partial charge in [0.25, 0.3) is 5.69 Å². The Balaban J connectivity index is 1.39. The van der Waals surface area contributed by atoms with E-state index in [0.29, 0.717) is 0 Å². The number of nitro groups is 1. The molecule has 1 aliphatic rings. The summed E-state index contributed by atoms with van der Waals surface area (Å²) in [6.45, 7) is -0.501. The number of benzene rings is 1. The summed E-state index contributed by atoms with van der Waals surface area (Å²) >= 11 is 0. The van der Waals surface area contributed by atoms with Gasteiger partial charge in [-0.2, -0.15) is 0 Å². The zero-order valence-electron chi connectivity index (χ0n) is 18.3. The van der Waals surface area contributed by atoms with Crippen molar-refractivity contribution in [2.45, 2.75) is 29.4 Å². The molecule has 3 aromatic rings. The first-order chi connectivity index (χ1) is 16.9. The molecule has 3 heterocycles. The minimum absolute atomic E-state index is 0.0853. The quantitative estimate of drug-likeness (QED) is 0.174. The van der Waals surface area contributed by atoms with Gasteiger partial charge < -0.3 is 20.7 Å². The van der Waals surface area contributed by atoms with Crippen LogP contribution < -0.4 is 10.5 Å². The molecule has 5 N–H and O–H groups in total. The van der Waals surface area contributed by atoms with Crippen LogP contribution in [0.5, 0.6) is 0 Å². The smallest absolute Gasteiger partial charge is 0.269 e. The number of nitrogens with one attached hydrogen (secondary N) is 1. The maximum atomic E-state index is 12.6. The summed E-state index contributed by atoms with van der Waals surface area (Å²) in [5.41, 5.74) is 5.89. The predicted molar refractivity (Wildman–Crippen MR) is 123 cm³/mol. The van der Waals surface area contributed by atoms with E-state index in [4.69, 9.17) is 10.5 Å². The number of non-ortho nitro benzene ring substituents is 1. The van der Waals surface area contributed by atoms with Crippen LogP contribution in [0.3, 0.4) is 0 Å². The van der Waals surface area contributed by atoms with Gasteiger partial charge >= 0.3 is 0 Å². The number of sulfone groups is 1. The lowest BCUT2D eigenvalue weighted by molar-refractivity contribution is -0.384. The Morgan fingerprint density at radius 3 is 2.47 bits per heavy atom. The lowest BCUT2D eigenvalue weighted by Gasteiger charge is -2.16. The second-order valence-corrected chi connectivity index (χ2v) is 11.9. The van der Waals surface area contributed by atoms with Gasteiger partial charge in [0.1, 0.15) is 30.2 Å². The number of rotatable bonds is 9. The Morgan fingerprint density at radius 1 is 1.11 bits per heavy atom. The van der Waals surface area contributed by atoms with Crippen molar-refractivity contribution >= 4 is 42.5 Å². The molecule has 0 radical (unpaired) electrons. The number of aliphatic hydroxyl groups excluding tert-OH is 2. The van der Waals surface area contributed by atoms with Crippen molar-refractivity contribution in [3.05, 3.63) is 47.0 Å². The van der Waals surface area contributed by atoms with E-state index in [0.717, 1.165) is 24.3 Å². The normalized spacial score (nSPS) is 22.7. The van der Waals surface area contributed by atoms with Gasteiger partial charge in [0.15, 0.2) is 27.5 Å². The fourth-order valence-corrected chi connectivity index (χ4v) is 6.17. The van der Waals surface area contributed by atoms with Gasteiger partial charge in [-0.15, -0.1) is 0 Å². The van der Waals surface area contributed by atoms with Gasteiger partial charge in [0.2, 0.25) is 10.0 Å². The highest BCUT2D eigenvalue weighted by Gasteiger charge is 2.46. The highest BCUT2D eigenvalue weighted by atomic mass is 32.2. The lowest BCUT2D eigenvalue weighted by Crippen LogP contribution is -2.37. The highest BCUT2D eigenvalue weighted by Crippen LogP contribution is 2.32. The van der Waals surface area contributed by atoms with E-state index in [1.165, 1.54) is 17.2 Å². The molecular weight excluding hydrogens is 522 g/mol. The van der Waals surface area contributed by atoms with Gasteiger partial charge in [0, 0.05) is 18.7 Å². The Hall–Kier alpha value is -3.29. The number of nitrogens with zero attached hydrogens (tertiary/aromatic N) is 5. The molecule has 18 heteroatoms. The third-order valence-corrected chi connectivity index (χ3v) is 8.62. The largest absolute Gasteiger partial charge is 0.387 e. The van der Waals surface area contributed by atoms with Gasteiger partial charge in [-0.1, -0.05) is 0 Å². The summed E-state index contributed by atoms with van der Waals surface area (Å²) in [7, 11) is -8.09. The average Bonchev–Trinajstić information content (AvgIpc) is 3.36. The van der Waals surface area contributed by atoms with Gasteiger partial charge in [-0.05, 0) is 12.1 Å². The number of nitrogens with two attached hydrogens (primary N) is 1. The van der Waals surface area contributed by atoms with Gasteiger partial charge in [-0.3, -0.25) is 14.7 Å². The summed E-state index contributed by atoms with van der Waals surface area (Å²) in [5, 5.41) is 31.6. The molecule has 4 rings (SSSR count). The molecule has 0 amide bonds. The molecule has 16 nitrogen and oxygen atoms in total. The summed E-state index contributed by atoms with van der Waals surface area (Å²) in [6, 6.07) is 4.07. The number of hydrogen-bond donors (Lipinski definition) is 4. The third-order valence-electron chi connectivity index (χ3n) is 5.48. The summed E-state index contributed by atoms with van der Waals surface area (Å²) < 4.78 is 58.9. The van der Waals surface area contributed by atoms with Gasteiger partial charge in [-0.25, -0.2) is 36.5 Å². The molecule has 0 spiro atoms. The number of aliphatic hydroxyl groups is 2. The third kappa shape index (κ3) is 5.13. The van der Waals surface area contributed by atoms with E-state index < -0.39 is 67.4 Å². The summed E-state index contributed by atoms with van der Waals surface area (Å²) in [5.74, 6) is -1.25. The fourth-order valence-electron chi connectivity index (χ4n) is 3.65. The predicted octanol–water partition coefficient (Wildman–Crippen LogP) is -1.67. The molecule has 1 saturated heterocycles. The Morgan fingerprint density at radius 2 is 1.81 bits per heavy atom. The standard InChI is InChI=1S/C18H21N7O9S2/c19-16-13-17(21-8-20-16)24(9-22-13)18-15(27)14(26)12(34-18)7-35(30,31)6-5-23-36(32,33)11-3-1-10(2-4-11)25(28)29/h1-4,8-9,12,14-15,18,23,26-27H,5-7H2,(H2,19,20,21)/t12-,14-,15-,18-/m1/s1. The zero-order chi connectivity index (χ0) is 26.3. The van der Waals surface area contributed by atoms with Gasteiger partial charge in [0.05, 0.1) is 27.7 Å². The summed E-state index contributed by atoms with van der Waals surface area (Å²) in [4.78, 5) is 21.6. The molecule has 1 aliphatic heterocycles. The highest BCUT2D eigenvalue weighted by molar-refractivity contribution is 7.91. The first-order valence-electron chi connectivity index (χ1n) is 10.3. The van der Waals surface area contributed by atoms with E-state index in [2.05, 4.69) is 19.7 Å². The minimum atomic E-state index is -4.12. The number of ether oxygens (including phenoxy) is 1. The number of hydrogen-bond acceptors (Lipinski definition) is 13. The molecule has 36 heavy (non-hydrogen) atoms. The van der Waals surface area contributed by atoms with Crippen LogP contribution in [0.15, 0.2) is 41.8 Å². The number of anilines is 1. The Bertz CT molecular complexity index is 1490. The van der Waals surface area contributed by atoms with Crippen molar-refractivity contribution in [2.75, 3.05) is 23.8 Å². The number of nitro benzene ring substituents is 1. The van der Waals surface area contributed by atoms with Crippen molar-refractivity contribution in [1.82, 2.24) is 24.2 Å². The Kier molecular flexibility index (Phi) is 6.90. The monoisotopic (exact) mass is 543 g/mol. The molecule has 0 unspecified atom stereocenters. The van der Waals surface area contributed by atoms with E-state index in [9.17, 15) is 37.2 Å². The molecule has 0 aliphatic carbocycles. The molecule has 1 aromatic carbocycles. The molecule has 1 fully saturated rings. The molecule has 4 atom stereocenters. The van der Waals surface area contributed by atoms with Crippen molar-refractivity contribution < 1.29 is 36.7 Å². The first-order valence-corrected chi connectivity index (χ1v) is 13.6. The SMILES string of the molecule is Nc1ncnc2c1ncn2[C@@H]1O[C@H](CS(=O)(=O)CCNS(=O)(=O)c2ccc([N+](=O)[O-])cc2)[C@@H](O)[C@H]1O. The van der Waals surface area contributed by atoms with E-state index in [1.54, 1.807) is 0 Å². The zero-order valence-corrected chi connectivity index (χ0v) is 19.9. The molecular formula is C18H21N7O9S2. The Labute approximate surface area is 203 Å². The molecule has 2 aromatic heterocycles. The number of imidazole rings is 1. The minimum Gasteiger partial charge on any atom is -0.387 e. The van der Waals surface area contributed by atoms with Crippen LogP contribution in [-0.4, -0.2) is 87.9 Å². The average molecular weight is 544 g/mol. The second kappa shape index (κ2) is 9.64. The molecule has 194 valence electrons. The fraction of sp³-hybridized carbons (Fsp3) is 0.389. The number of nitrogen functional groups attached to an aromatic ring is 1. The van der Waals surface area contributed by atoms with Crippen LogP contribution in [0.1, 0.15) is 6.23 Å². The van der Waals surface area contributed by atoms with Crippen LogP contribution in [-0.2, 0) is 24.6 Å². The van der Waals surface area contributed by atoms with E-state index in [-0.39, 0.29) is 27.6 Å². The summed E-state index contributed by atoms with van der Waals surface area (Å²) in [6.07, 6.45) is -3.18. The van der Waals surface area contributed by atoms with Crippen LogP contribution in [0.2, 0.25) is 0 Å². The maximum absolute atomic E-state index is 12.6. The van der Waals surface area contributed by atoms with Crippen LogP contribution in [0.4, 0.5) is 11.5 Å². The molecule has 0 bridgehead atoms. The maximum Gasteiger partial charge on any atom is 0.269 e. The van der Waals surface area contributed by atoms with Crippen LogP contribution in [0, 0.1) is 10.1 Å². The molecule has 0 saturated carbocycles. The van der Waals surface area contributed by atoms with Crippen LogP contribution >= 0.6 is 0 Å². The van der Waals surface area contributed by atoms with E-state index >= 15 is 0 Å². The van der Waals surface area contributed by atoms with E-state index in [1.807, 2.05) is 0 Å². The topological polar surface area (TPSA) is 243 Å². The lowest BCUT2D eigenvalue weighted by atomic mass is 10.1. The first kappa shape index (κ1) is 25.8. The number of fused-ring (bicyclic) bond motifs is 1. The number of aromatic nitrogens is 4. The van der Waals surface area contributed by atoms with Crippen LogP contribution in [0.25, 0.3) is 11.2 Å².